The standard InChI is InChI=1S/C12H17N3O3/c16-12(17)10-8-13-9-14-11(10)18-7-6-15-4-2-1-3-5-15/h8-9H,1-7H2,(H,16,17). The molecule has 0 saturated carbocycles. The van der Waals surface area contributed by atoms with E-state index in [1.165, 1.54) is 31.8 Å². The first kappa shape index (κ1) is 12.8. The van der Waals surface area contributed by atoms with Crippen molar-refractivity contribution < 1.29 is 14.6 Å². The molecule has 2 heterocycles. The molecule has 1 saturated heterocycles. The molecule has 6 heteroatoms. The van der Waals surface area contributed by atoms with Gasteiger partial charge in [0.15, 0.2) is 0 Å². The van der Waals surface area contributed by atoms with Crippen molar-refractivity contribution in [2.45, 2.75) is 19.3 Å². The molecular weight excluding hydrogens is 234 g/mol. The fourth-order valence-electron chi connectivity index (χ4n) is 2.03. The van der Waals surface area contributed by atoms with Crippen LogP contribution >= 0.6 is 0 Å². The lowest BCUT2D eigenvalue weighted by molar-refractivity contribution is 0.0689. The van der Waals surface area contributed by atoms with E-state index in [0.717, 1.165) is 19.6 Å². The van der Waals surface area contributed by atoms with Gasteiger partial charge in [-0.2, -0.15) is 0 Å². The molecule has 6 nitrogen and oxygen atoms in total. The summed E-state index contributed by atoms with van der Waals surface area (Å²) < 4.78 is 5.43. The molecule has 0 bridgehead atoms. The van der Waals surface area contributed by atoms with Crippen LogP contribution < -0.4 is 4.74 Å². The van der Waals surface area contributed by atoms with Crippen molar-refractivity contribution >= 4 is 5.97 Å². The van der Waals surface area contributed by atoms with Crippen LogP contribution in [0.5, 0.6) is 5.88 Å². The zero-order valence-corrected chi connectivity index (χ0v) is 10.2. The molecule has 1 aromatic heterocycles. The number of aromatic carboxylic acids is 1. The first-order valence-corrected chi connectivity index (χ1v) is 6.16. The smallest absolute Gasteiger partial charge is 0.342 e. The summed E-state index contributed by atoms with van der Waals surface area (Å²) in [5.41, 5.74) is 0.0103. The van der Waals surface area contributed by atoms with Gasteiger partial charge in [-0.15, -0.1) is 0 Å². The van der Waals surface area contributed by atoms with Crippen LogP contribution in [0.3, 0.4) is 0 Å². The fourth-order valence-corrected chi connectivity index (χ4v) is 2.03. The molecule has 1 N–H and O–H groups in total. The zero-order chi connectivity index (χ0) is 12.8. The minimum Gasteiger partial charge on any atom is -0.477 e. The second-order valence-electron chi connectivity index (χ2n) is 4.30. The van der Waals surface area contributed by atoms with E-state index in [1.54, 1.807) is 0 Å². The van der Waals surface area contributed by atoms with E-state index < -0.39 is 5.97 Å². The third-order valence-electron chi connectivity index (χ3n) is 3.00. The largest absolute Gasteiger partial charge is 0.477 e. The Hall–Kier alpha value is -1.69. The molecule has 0 aliphatic carbocycles. The van der Waals surface area contributed by atoms with Crippen molar-refractivity contribution in [3.8, 4) is 5.88 Å². The van der Waals surface area contributed by atoms with Crippen LogP contribution in [0.1, 0.15) is 29.6 Å². The van der Waals surface area contributed by atoms with E-state index in [4.69, 9.17) is 9.84 Å². The summed E-state index contributed by atoms with van der Waals surface area (Å²) in [6.45, 7) is 3.46. The number of carboxylic acid groups (broad SMARTS) is 1. The van der Waals surface area contributed by atoms with Crippen LogP contribution in [-0.2, 0) is 0 Å². The summed E-state index contributed by atoms with van der Waals surface area (Å²) in [6, 6.07) is 0. The van der Waals surface area contributed by atoms with E-state index in [0.29, 0.717) is 6.61 Å². The van der Waals surface area contributed by atoms with Crippen LogP contribution in [0.25, 0.3) is 0 Å². The van der Waals surface area contributed by atoms with E-state index in [1.807, 2.05) is 0 Å². The van der Waals surface area contributed by atoms with Gasteiger partial charge in [-0.3, -0.25) is 4.90 Å². The molecule has 1 aromatic rings. The molecule has 1 aliphatic heterocycles. The van der Waals surface area contributed by atoms with Gasteiger partial charge in [0, 0.05) is 12.7 Å². The highest BCUT2D eigenvalue weighted by Crippen LogP contribution is 2.13. The molecule has 2 rings (SSSR count). The predicted molar refractivity (Wildman–Crippen MR) is 64.8 cm³/mol. The first-order valence-electron chi connectivity index (χ1n) is 6.16. The quantitative estimate of drug-likeness (QED) is 0.842. The molecule has 0 radical (unpaired) electrons. The van der Waals surface area contributed by atoms with E-state index in [-0.39, 0.29) is 11.4 Å². The highest BCUT2D eigenvalue weighted by atomic mass is 16.5. The molecule has 98 valence electrons. The maximum Gasteiger partial charge on any atom is 0.342 e. The SMILES string of the molecule is O=C(O)c1cncnc1OCCN1CCCCC1. The number of hydrogen-bond donors (Lipinski definition) is 1. The number of piperidine rings is 1. The number of aromatic nitrogens is 2. The lowest BCUT2D eigenvalue weighted by Gasteiger charge is -2.26. The average molecular weight is 251 g/mol. The Morgan fingerprint density at radius 1 is 1.39 bits per heavy atom. The van der Waals surface area contributed by atoms with Gasteiger partial charge in [0.2, 0.25) is 5.88 Å². The third kappa shape index (κ3) is 3.40. The Bertz CT molecular complexity index is 405. The number of hydrogen-bond acceptors (Lipinski definition) is 5. The molecule has 1 aliphatic rings. The normalized spacial score (nSPS) is 16.4. The third-order valence-corrected chi connectivity index (χ3v) is 3.00. The van der Waals surface area contributed by atoms with Crippen molar-refractivity contribution in [3.05, 3.63) is 18.1 Å². The Labute approximate surface area is 106 Å². The Balaban J connectivity index is 1.84. The summed E-state index contributed by atoms with van der Waals surface area (Å²) in [5, 5.41) is 8.94. The van der Waals surface area contributed by atoms with Crippen molar-refractivity contribution in [1.29, 1.82) is 0 Å². The van der Waals surface area contributed by atoms with Gasteiger partial charge < -0.3 is 9.84 Å². The number of rotatable bonds is 5. The minimum atomic E-state index is -1.07. The highest BCUT2D eigenvalue weighted by Gasteiger charge is 2.14. The summed E-state index contributed by atoms with van der Waals surface area (Å²) in [6.07, 6.45) is 6.31. The molecule has 0 aromatic carbocycles. The number of likely N-dealkylation sites (tertiary alicyclic amines) is 1. The summed E-state index contributed by atoms with van der Waals surface area (Å²) in [4.78, 5) is 20.8. The lowest BCUT2D eigenvalue weighted by atomic mass is 10.1. The second-order valence-corrected chi connectivity index (χ2v) is 4.30. The van der Waals surface area contributed by atoms with Crippen LogP contribution in [-0.4, -0.2) is 52.2 Å². The first-order chi connectivity index (χ1) is 8.77. The van der Waals surface area contributed by atoms with Gasteiger partial charge in [0.1, 0.15) is 18.5 Å². The van der Waals surface area contributed by atoms with Gasteiger partial charge in [-0.25, -0.2) is 14.8 Å². The number of ether oxygens (including phenoxy) is 1. The van der Waals surface area contributed by atoms with E-state index in [2.05, 4.69) is 14.9 Å². The molecule has 0 spiro atoms. The average Bonchev–Trinajstić information content (AvgIpc) is 2.40. The van der Waals surface area contributed by atoms with Gasteiger partial charge in [0.05, 0.1) is 0 Å². The lowest BCUT2D eigenvalue weighted by Crippen LogP contribution is -2.33. The molecular formula is C12H17N3O3. The molecule has 0 atom stereocenters. The monoisotopic (exact) mass is 251 g/mol. The predicted octanol–water partition coefficient (Wildman–Crippen LogP) is 1.04. The fraction of sp³-hybridized carbons (Fsp3) is 0.583. The second kappa shape index (κ2) is 6.30. The van der Waals surface area contributed by atoms with Gasteiger partial charge in [-0.1, -0.05) is 6.42 Å². The van der Waals surface area contributed by atoms with Gasteiger partial charge in [-0.05, 0) is 25.9 Å². The summed E-state index contributed by atoms with van der Waals surface area (Å²) >= 11 is 0. The molecule has 1 fully saturated rings. The van der Waals surface area contributed by atoms with Crippen LogP contribution in [0.2, 0.25) is 0 Å². The minimum absolute atomic E-state index is 0.0103. The topological polar surface area (TPSA) is 75.5 Å². The highest BCUT2D eigenvalue weighted by molar-refractivity contribution is 5.89. The molecule has 18 heavy (non-hydrogen) atoms. The van der Waals surface area contributed by atoms with Crippen molar-refractivity contribution in [2.75, 3.05) is 26.2 Å². The van der Waals surface area contributed by atoms with E-state index in [9.17, 15) is 4.79 Å². The Kier molecular flexibility index (Phi) is 4.46. The van der Waals surface area contributed by atoms with Crippen molar-refractivity contribution in [2.24, 2.45) is 0 Å². The Morgan fingerprint density at radius 3 is 2.89 bits per heavy atom. The van der Waals surface area contributed by atoms with Crippen LogP contribution in [0, 0.1) is 0 Å². The number of carboxylic acids is 1. The summed E-state index contributed by atoms with van der Waals surface area (Å²) in [5.74, 6) is -0.918. The summed E-state index contributed by atoms with van der Waals surface area (Å²) in [7, 11) is 0. The van der Waals surface area contributed by atoms with Crippen LogP contribution in [0.4, 0.5) is 0 Å². The molecule has 0 amide bonds. The maximum atomic E-state index is 10.9. The van der Waals surface area contributed by atoms with Crippen molar-refractivity contribution in [3.63, 3.8) is 0 Å². The Morgan fingerprint density at radius 2 is 2.17 bits per heavy atom. The van der Waals surface area contributed by atoms with Crippen LogP contribution in [0.15, 0.2) is 12.5 Å². The maximum absolute atomic E-state index is 10.9. The van der Waals surface area contributed by atoms with Gasteiger partial charge in [0.25, 0.3) is 0 Å². The number of carbonyl (C=O) groups is 1. The van der Waals surface area contributed by atoms with Crippen molar-refractivity contribution in [1.82, 2.24) is 14.9 Å². The molecule has 0 unspecified atom stereocenters. The van der Waals surface area contributed by atoms with Gasteiger partial charge >= 0.3 is 5.97 Å². The number of nitrogens with zero attached hydrogens (tertiary/aromatic N) is 3. The zero-order valence-electron chi connectivity index (χ0n) is 10.2. The van der Waals surface area contributed by atoms with E-state index >= 15 is 0 Å².